The average molecular weight is 1140 g/mol. The van der Waals surface area contributed by atoms with Crippen LogP contribution in [-0.4, -0.2) is 140 Å². The lowest BCUT2D eigenvalue weighted by atomic mass is 9.82. The van der Waals surface area contributed by atoms with Crippen LogP contribution in [0.15, 0.2) is 85.3 Å². The maximum absolute atomic E-state index is 15.4. The van der Waals surface area contributed by atoms with Crippen LogP contribution >= 0.6 is 0 Å². The normalized spacial score (nSPS) is 14.1. The number of nitrogens with zero attached hydrogens (tertiary/aromatic N) is 4. The number of rotatable bonds is 29. The van der Waals surface area contributed by atoms with E-state index in [-0.39, 0.29) is 75.8 Å². The smallest absolute Gasteiger partial charge is 0.333 e. The van der Waals surface area contributed by atoms with Gasteiger partial charge in [0, 0.05) is 87.3 Å². The molecule has 1 aliphatic rings. The number of halogens is 2. The zero-order valence-electron chi connectivity index (χ0n) is 46.1. The van der Waals surface area contributed by atoms with Crippen molar-refractivity contribution in [2.75, 3.05) is 26.2 Å². The molecule has 0 saturated carbocycles. The minimum atomic E-state index is -1.76. The average Bonchev–Trinajstić information content (AvgIpc) is 4.21. The summed E-state index contributed by atoms with van der Waals surface area (Å²) in [5.74, 6) is -10.3. The number of imide groups is 1. The molecule has 0 aliphatic carbocycles. The number of hydrogen-bond donors (Lipinski definition) is 8. The van der Waals surface area contributed by atoms with Crippen LogP contribution < -0.4 is 37.6 Å². The zero-order chi connectivity index (χ0) is 60.3. The highest BCUT2D eigenvalue weighted by Crippen LogP contribution is 2.41. The number of aromatic nitrogens is 2. The molecule has 10 amide bonds. The molecular weight excluding hydrogens is 1070 g/mol. The Morgan fingerprint density at radius 3 is 2.04 bits per heavy atom. The number of amides is 10. The van der Waals surface area contributed by atoms with Crippen LogP contribution in [0.3, 0.4) is 0 Å². The third-order valence-corrected chi connectivity index (χ3v) is 12.9. The molecular formula is C56H69F2N11O13. The molecule has 1 saturated heterocycles. The van der Waals surface area contributed by atoms with E-state index in [1.54, 1.807) is 49.7 Å². The minimum absolute atomic E-state index is 0.0287. The van der Waals surface area contributed by atoms with Crippen molar-refractivity contribution in [1.82, 2.24) is 51.4 Å². The van der Waals surface area contributed by atoms with Crippen LogP contribution in [0.2, 0.25) is 0 Å². The van der Waals surface area contributed by atoms with E-state index in [1.807, 2.05) is 30.3 Å². The number of benzene rings is 2. The minimum Gasteiger partial charge on any atom is -0.387 e. The Morgan fingerprint density at radius 2 is 1.39 bits per heavy atom. The first-order chi connectivity index (χ1) is 38.8. The monoisotopic (exact) mass is 1140 g/mol. The molecule has 1 fully saturated rings. The van der Waals surface area contributed by atoms with E-state index < -0.39 is 132 Å². The highest BCUT2D eigenvalue weighted by atomic mass is 19.1. The van der Waals surface area contributed by atoms with Crippen molar-refractivity contribution < 1.29 is 71.5 Å². The largest absolute Gasteiger partial charge is 0.387 e. The predicted octanol–water partition coefficient (Wildman–Crippen LogP) is 1.28. The van der Waals surface area contributed by atoms with Crippen molar-refractivity contribution >= 4 is 65.0 Å². The van der Waals surface area contributed by atoms with Crippen LogP contribution in [0, 0.1) is 17.0 Å². The van der Waals surface area contributed by atoms with Crippen LogP contribution in [0.5, 0.6) is 0 Å². The molecule has 82 heavy (non-hydrogen) atoms. The van der Waals surface area contributed by atoms with E-state index in [4.69, 9.17) is 10.6 Å². The van der Waals surface area contributed by atoms with Crippen molar-refractivity contribution in [2.24, 2.45) is 11.1 Å². The topological polar surface area (TPSA) is 340 Å². The van der Waals surface area contributed by atoms with Crippen molar-refractivity contribution in [2.45, 2.75) is 123 Å². The maximum Gasteiger partial charge on any atom is 0.333 e. The second-order valence-corrected chi connectivity index (χ2v) is 20.6. The van der Waals surface area contributed by atoms with Gasteiger partial charge >= 0.3 is 5.97 Å². The van der Waals surface area contributed by atoms with Crippen LogP contribution in [0.4, 0.5) is 8.78 Å². The molecule has 24 nitrogen and oxygen atoms in total. The Balaban J connectivity index is 1.37. The van der Waals surface area contributed by atoms with E-state index in [9.17, 15) is 62.2 Å². The van der Waals surface area contributed by atoms with Crippen molar-refractivity contribution in [3.8, 4) is 11.1 Å². The zero-order valence-corrected chi connectivity index (χ0v) is 46.1. The first-order valence-electron chi connectivity index (χ1n) is 26.4. The summed E-state index contributed by atoms with van der Waals surface area (Å²) in [7, 11) is 0. The molecule has 26 heteroatoms. The summed E-state index contributed by atoms with van der Waals surface area (Å²) in [5, 5.41) is 25.9. The van der Waals surface area contributed by atoms with Gasteiger partial charge in [-0.25, -0.2) is 13.6 Å². The van der Waals surface area contributed by atoms with Gasteiger partial charge in [0.1, 0.15) is 42.4 Å². The summed E-state index contributed by atoms with van der Waals surface area (Å²) in [6, 6.07) is 10.1. The van der Waals surface area contributed by atoms with E-state index >= 15 is 4.39 Å². The number of pyridine rings is 1. The number of primary amides is 1. The van der Waals surface area contributed by atoms with Crippen LogP contribution in [0.1, 0.15) is 102 Å². The molecule has 5 rings (SSSR count). The number of hydroxylamine groups is 2. The lowest BCUT2D eigenvalue weighted by Gasteiger charge is -2.41. The Kier molecular flexibility index (Phi) is 23.4. The standard InChI is InChI=1S/C56H69F2N11O13/c1-33(63-46(73)26-35-18-21-60-22-19-35)52(78)64-34(2)53(79)66-42(29-44(59)71)55(81)65-41(54(80)62-24-23-61-45(72)12-9-13-50(77)82-69-47(74)16-17-48(69)75)20-25-68(49(76)32-70)51(56(3,4)5)43-27-37(39-28-38(57)14-15-40(39)58)31-67(43)30-36-10-7-6-8-11-36/h6-8,10-11,14-15,18-19,21-22,27-28,31,33-34,41-42,51,70H,9,12-13,16-17,20,23-26,29-30,32H2,1-5H3,(H2,59,71)(H,61,72)(H,62,80)(H,63,73)(H,64,78)(H,65,81)(H,66,79)/t33-,34+,41-,42-,51-/m0/s1. The second-order valence-electron chi connectivity index (χ2n) is 20.6. The Labute approximate surface area is 471 Å². The molecule has 0 unspecified atom stereocenters. The first-order valence-corrected chi connectivity index (χ1v) is 26.4. The van der Waals surface area contributed by atoms with Crippen molar-refractivity contribution in [3.05, 3.63) is 114 Å². The third-order valence-electron chi connectivity index (χ3n) is 12.9. The maximum atomic E-state index is 15.4. The molecule has 9 N–H and O–H groups in total. The highest BCUT2D eigenvalue weighted by Gasteiger charge is 2.39. The summed E-state index contributed by atoms with van der Waals surface area (Å²) in [6.07, 6.45) is 2.60. The molecule has 440 valence electrons. The van der Waals surface area contributed by atoms with Gasteiger partial charge in [-0.1, -0.05) is 51.1 Å². The van der Waals surface area contributed by atoms with Crippen molar-refractivity contribution in [3.63, 3.8) is 0 Å². The highest BCUT2D eigenvalue weighted by molar-refractivity contribution is 6.01. The second kappa shape index (κ2) is 30.0. The molecule has 0 radical (unpaired) electrons. The van der Waals surface area contributed by atoms with Crippen LogP contribution in [0.25, 0.3) is 11.1 Å². The van der Waals surface area contributed by atoms with E-state index in [2.05, 4.69) is 36.9 Å². The number of hydrogen-bond acceptors (Lipinski definition) is 14. The molecule has 4 aromatic rings. The summed E-state index contributed by atoms with van der Waals surface area (Å²) in [4.78, 5) is 153. The number of aliphatic hydroxyl groups is 1. The first kappa shape index (κ1) is 63.9. The molecule has 3 heterocycles. The fourth-order valence-corrected chi connectivity index (χ4v) is 8.86. The third kappa shape index (κ3) is 19.1. The number of aliphatic hydroxyl groups excluding tert-OH is 1. The fraction of sp³-hybridized carbons (Fsp3) is 0.429. The number of nitrogens with two attached hydrogens (primary N) is 1. The van der Waals surface area contributed by atoms with E-state index in [0.717, 1.165) is 23.8 Å². The van der Waals surface area contributed by atoms with Gasteiger partial charge in [0.25, 0.3) is 11.8 Å². The van der Waals surface area contributed by atoms with E-state index in [1.165, 1.54) is 31.1 Å². The molecule has 2 aromatic heterocycles. The van der Waals surface area contributed by atoms with Crippen molar-refractivity contribution in [1.29, 1.82) is 0 Å². The van der Waals surface area contributed by atoms with Gasteiger partial charge in [-0.15, -0.1) is 5.06 Å². The molecule has 5 atom stereocenters. The Bertz CT molecular complexity index is 2960. The fourth-order valence-electron chi connectivity index (χ4n) is 8.86. The number of carbonyl (C=O) groups excluding carboxylic acids is 11. The Hall–Kier alpha value is -8.94. The molecule has 0 bridgehead atoms. The summed E-state index contributed by atoms with van der Waals surface area (Å²) >= 11 is 0. The number of carbonyl (C=O) groups is 11. The lowest BCUT2D eigenvalue weighted by Crippen LogP contribution is -2.58. The molecule has 1 aliphatic heterocycles. The lowest BCUT2D eigenvalue weighted by molar-refractivity contribution is -0.197. The Morgan fingerprint density at radius 1 is 0.756 bits per heavy atom. The summed E-state index contributed by atoms with van der Waals surface area (Å²) < 4.78 is 31.8. The summed E-state index contributed by atoms with van der Waals surface area (Å²) in [5.41, 5.74) is 6.65. The van der Waals surface area contributed by atoms with E-state index in [0.29, 0.717) is 16.3 Å². The summed E-state index contributed by atoms with van der Waals surface area (Å²) in [6.45, 7) is 6.38. The quantitative estimate of drug-likeness (QED) is 0.0281. The van der Waals surface area contributed by atoms with Gasteiger partial charge in [0.15, 0.2) is 0 Å². The molecule has 2 aromatic carbocycles. The number of nitrogens with one attached hydrogen (secondary N) is 6. The predicted molar refractivity (Wildman–Crippen MR) is 289 cm³/mol. The van der Waals surface area contributed by atoms with Gasteiger partial charge in [0.05, 0.1) is 18.9 Å². The SMILES string of the molecule is C[C@H](NC(=O)Cc1ccncc1)C(=O)N[C@H](C)C(=O)N[C@@H](CC(N)=O)C(=O)N[C@@H](CCN(C(=O)CO)[C@@H](c1cc(-c2cc(F)ccc2F)cn1Cc1ccccc1)C(C)(C)C)C(=O)NCCNC(=O)CCCC(=O)ON1C(=O)CCC1=O. The van der Waals surface area contributed by atoms with Gasteiger partial charge in [0.2, 0.25) is 47.3 Å². The van der Waals surface area contributed by atoms with Gasteiger partial charge in [-0.2, -0.15) is 0 Å². The molecule has 0 spiro atoms. The van der Waals surface area contributed by atoms with Gasteiger partial charge in [-0.3, -0.25) is 52.9 Å². The van der Waals surface area contributed by atoms with Gasteiger partial charge in [-0.05, 0) is 79.6 Å². The van der Waals surface area contributed by atoms with Crippen LogP contribution in [-0.2, 0) is 70.5 Å². The van der Waals surface area contributed by atoms with Gasteiger partial charge < -0.3 is 57.0 Å².